The Kier molecular flexibility index (Phi) is 4.03. The molecule has 0 spiro atoms. The summed E-state index contributed by atoms with van der Waals surface area (Å²) in [4.78, 5) is 24.5. The molecule has 3 nitrogen and oxygen atoms in total. The molecule has 1 aromatic rings. The van der Waals surface area contributed by atoms with Crippen molar-refractivity contribution >= 4 is 11.8 Å². The predicted molar refractivity (Wildman–Crippen MR) is 83.5 cm³/mol. The molecule has 3 unspecified atom stereocenters. The largest absolute Gasteiger partial charge is 0.347 e. The van der Waals surface area contributed by atoms with Crippen molar-refractivity contribution in [1.29, 1.82) is 0 Å². The van der Waals surface area contributed by atoms with Gasteiger partial charge < -0.3 is 0 Å². The maximum Gasteiger partial charge on any atom is 0.347 e. The summed E-state index contributed by atoms with van der Waals surface area (Å²) >= 11 is 0. The number of halogens is 7. The topological polar surface area (TPSA) is 37.4 Å². The van der Waals surface area contributed by atoms with E-state index in [1.165, 1.54) is 12.1 Å². The standard InChI is InChI=1S/C18H16F7NO2/c1-9(2)17(23)14(3,19)16(22,8-15(20,21)18(17,24)25)26-12(27)10-6-4-5-7-11(10)13(26)28/h4-7,9H,8H2,1-3H3. The summed E-state index contributed by atoms with van der Waals surface area (Å²) in [5.41, 5.74) is -9.90. The Bertz CT molecular complexity index is 834. The third-order valence-corrected chi connectivity index (χ3v) is 5.72. The summed E-state index contributed by atoms with van der Waals surface area (Å²) in [6.45, 7) is 1.42. The SMILES string of the molecule is CC(C)C1(F)C(C)(F)C(F)(N2C(=O)c3ccccc3C2=O)CC(F)(F)C1(F)F. The van der Waals surface area contributed by atoms with Crippen LogP contribution in [0.4, 0.5) is 30.7 Å². The number of hydrogen-bond donors (Lipinski definition) is 0. The van der Waals surface area contributed by atoms with E-state index in [0.717, 1.165) is 12.1 Å². The Hall–Kier alpha value is -2.13. The number of carbonyl (C=O) groups is 2. The Morgan fingerprint density at radius 3 is 1.71 bits per heavy atom. The molecule has 1 aromatic carbocycles. The van der Waals surface area contributed by atoms with E-state index in [2.05, 4.69) is 0 Å². The lowest BCUT2D eigenvalue weighted by Gasteiger charge is -2.57. The van der Waals surface area contributed by atoms with Gasteiger partial charge in [-0.15, -0.1) is 0 Å². The molecule has 0 radical (unpaired) electrons. The van der Waals surface area contributed by atoms with Gasteiger partial charge in [-0.25, -0.2) is 18.1 Å². The van der Waals surface area contributed by atoms with E-state index in [1.54, 1.807) is 0 Å². The normalized spacial score (nSPS) is 36.8. The molecule has 1 aliphatic heterocycles. The van der Waals surface area contributed by atoms with Crippen LogP contribution >= 0.6 is 0 Å². The zero-order valence-corrected chi connectivity index (χ0v) is 15.0. The molecule has 1 saturated carbocycles. The van der Waals surface area contributed by atoms with Gasteiger partial charge in [-0.3, -0.25) is 9.59 Å². The molecule has 3 rings (SSSR count). The average molecular weight is 411 g/mol. The lowest BCUT2D eigenvalue weighted by atomic mass is 9.61. The third kappa shape index (κ3) is 2.01. The van der Waals surface area contributed by atoms with Crippen LogP contribution in [0.15, 0.2) is 24.3 Å². The average Bonchev–Trinajstić information content (AvgIpc) is 2.83. The number of hydrogen-bond acceptors (Lipinski definition) is 2. The highest BCUT2D eigenvalue weighted by atomic mass is 19.3. The van der Waals surface area contributed by atoms with Crippen molar-refractivity contribution in [2.45, 2.75) is 56.2 Å². The van der Waals surface area contributed by atoms with E-state index in [4.69, 9.17) is 0 Å². The molecule has 10 heteroatoms. The molecule has 0 N–H and O–H groups in total. The molecule has 1 heterocycles. The first-order chi connectivity index (χ1) is 12.6. The minimum Gasteiger partial charge on any atom is -0.268 e. The highest BCUT2D eigenvalue weighted by Crippen LogP contribution is 2.66. The lowest BCUT2D eigenvalue weighted by Crippen LogP contribution is -2.82. The second kappa shape index (κ2) is 5.48. The van der Waals surface area contributed by atoms with E-state index in [0.29, 0.717) is 13.8 Å². The summed E-state index contributed by atoms with van der Waals surface area (Å²) in [7, 11) is 0. The second-order valence-electron chi connectivity index (χ2n) is 7.58. The van der Waals surface area contributed by atoms with E-state index in [-0.39, 0.29) is 6.92 Å². The lowest BCUT2D eigenvalue weighted by molar-refractivity contribution is -0.379. The molecule has 0 bridgehead atoms. The van der Waals surface area contributed by atoms with Crippen LogP contribution in [0.25, 0.3) is 0 Å². The van der Waals surface area contributed by atoms with Crippen LogP contribution in [0.1, 0.15) is 47.9 Å². The summed E-state index contributed by atoms with van der Waals surface area (Å²) in [5.74, 6) is -20.4. The first kappa shape index (κ1) is 20.6. The molecular formula is C18H16F7NO2. The first-order valence-corrected chi connectivity index (χ1v) is 8.38. The Labute approximate surface area is 155 Å². The maximum atomic E-state index is 15.9. The van der Waals surface area contributed by atoms with Crippen molar-refractivity contribution < 1.29 is 40.3 Å². The number of fused-ring (bicyclic) bond motifs is 1. The van der Waals surface area contributed by atoms with Gasteiger partial charge in [0.05, 0.1) is 17.5 Å². The predicted octanol–water partition coefficient (Wildman–Crippen LogP) is 4.72. The number of imide groups is 1. The number of nitrogens with zero attached hydrogens (tertiary/aromatic N) is 1. The minimum absolute atomic E-state index is 0.0414. The molecule has 1 aliphatic carbocycles. The van der Waals surface area contributed by atoms with E-state index >= 15 is 13.2 Å². The molecule has 154 valence electrons. The highest BCUT2D eigenvalue weighted by Gasteiger charge is 2.88. The summed E-state index contributed by atoms with van der Waals surface area (Å²) < 4.78 is 104. The Morgan fingerprint density at radius 1 is 0.893 bits per heavy atom. The fourth-order valence-corrected chi connectivity index (χ4v) is 4.12. The Balaban J connectivity index is 2.27. The van der Waals surface area contributed by atoms with Crippen LogP contribution in [0.3, 0.4) is 0 Å². The molecule has 1 fully saturated rings. The summed E-state index contributed by atoms with van der Waals surface area (Å²) in [6.07, 6.45) is -2.58. The zero-order chi connectivity index (χ0) is 21.5. The number of carbonyl (C=O) groups excluding carboxylic acids is 2. The van der Waals surface area contributed by atoms with Crippen LogP contribution < -0.4 is 0 Å². The Morgan fingerprint density at radius 2 is 1.32 bits per heavy atom. The molecule has 0 saturated heterocycles. The van der Waals surface area contributed by atoms with E-state index in [9.17, 15) is 27.2 Å². The fraction of sp³-hybridized carbons (Fsp3) is 0.556. The van der Waals surface area contributed by atoms with Crippen LogP contribution in [0.5, 0.6) is 0 Å². The van der Waals surface area contributed by atoms with Crippen molar-refractivity contribution in [3.63, 3.8) is 0 Å². The molecule has 2 aliphatic rings. The van der Waals surface area contributed by atoms with Crippen molar-refractivity contribution in [3.8, 4) is 0 Å². The van der Waals surface area contributed by atoms with Crippen LogP contribution in [-0.4, -0.2) is 45.7 Å². The van der Waals surface area contributed by atoms with Crippen LogP contribution in [0.2, 0.25) is 0 Å². The number of benzene rings is 1. The van der Waals surface area contributed by atoms with E-state index < -0.39 is 69.2 Å². The third-order valence-electron chi connectivity index (χ3n) is 5.72. The summed E-state index contributed by atoms with van der Waals surface area (Å²) in [6, 6.07) is 4.69. The van der Waals surface area contributed by atoms with Crippen molar-refractivity contribution in [1.82, 2.24) is 4.90 Å². The van der Waals surface area contributed by atoms with Gasteiger partial charge in [-0.1, -0.05) is 26.0 Å². The van der Waals surface area contributed by atoms with Gasteiger partial charge in [0.25, 0.3) is 11.8 Å². The fourth-order valence-electron chi connectivity index (χ4n) is 4.12. The maximum absolute atomic E-state index is 15.9. The number of amides is 2. The minimum atomic E-state index is -5.59. The van der Waals surface area contributed by atoms with Crippen LogP contribution in [-0.2, 0) is 0 Å². The molecule has 3 atom stereocenters. The van der Waals surface area contributed by atoms with Crippen molar-refractivity contribution in [2.24, 2.45) is 5.92 Å². The highest BCUT2D eigenvalue weighted by molar-refractivity contribution is 6.21. The van der Waals surface area contributed by atoms with Gasteiger partial charge in [-0.05, 0) is 25.0 Å². The number of rotatable bonds is 2. The van der Waals surface area contributed by atoms with Gasteiger partial charge in [0.1, 0.15) is 0 Å². The molecule has 2 amide bonds. The van der Waals surface area contributed by atoms with Gasteiger partial charge in [0.15, 0.2) is 0 Å². The van der Waals surface area contributed by atoms with Crippen molar-refractivity contribution in [3.05, 3.63) is 35.4 Å². The summed E-state index contributed by atoms with van der Waals surface area (Å²) in [5, 5.41) is 0. The molecular weight excluding hydrogens is 395 g/mol. The van der Waals surface area contributed by atoms with Crippen LogP contribution in [0, 0.1) is 5.92 Å². The molecule has 0 aromatic heterocycles. The van der Waals surface area contributed by atoms with Gasteiger partial charge in [0.2, 0.25) is 17.1 Å². The van der Waals surface area contributed by atoms with Gasteiger partial charge in [0, 0.05) is 0 Å². The van der Waals surface area contributed by atoms with E-state index in [1.807, 2.05) is 0 Å². The quantitative estimate of drug-likeness (QED) is 0.402. The van der Waals surface area contributed by atoms with Crippen molar-refractivity contribution in [2.75, 3.05) is 0 Å². The zero-order valence-electron chi connectivity index (χ0n) is 15.0. The smallest absolute Gasteiger partial charge is 0.268 e. The monoisotopic (exact) mass is 411 g/mol. The van der Waals surface area contributed by atoms with Gasteiger partial charge >= 0.3 is 11.8 Å². The number of alkyl halides is 7. The van der Waals surface area contributed by atoms with Gasteiger partial charge in [-0.2, -0.15) is 17.6 Å². The second-order valence-corrected chi connectivity index (χ2v) is 7.58. The molecule has 28 heavy (non-hydrogen) atoms. The first-order valence-electron chi connectivity index (χ1n) is 8.38.